The number of carbonyl (C=O) groups is 2. The van der Waals surface area contributed by atoms with Crippen LogP contribution in [0.5, 0.6) is 5.75 Å². The molecule has 0 aliphatic carbocycles. The number of carbonyl (C=O) groups excluding carboxylic acids is 2. The first kappa shape index (κ1) is 23.7. The van der Waals surface area contributed by atoms with Crippen LogP contribution >= 0.6 is 11.8 Å². The van der Waals surface area contributed by atoms with E-state index >= 15 is 0 Å². The molecule has 1 atom stereocenters. The lowest BCUT2D eigenvalue weighted by Crippen LogP contribution is -2.49. The van der Waals surface area contributed by atoms with Gasteiger partial charge in [0.1, 0.15) is 17.6 Å². The van der Waals surface area contributed by atoms with Crippen LogP contribution in [0.25, 0.3) is 0 Å². The summed E-state index contributed by atoms with van der Waals surface area (Å²) < 4.78 is 19.0. The molecule has 1 N–H and O–H groups in total. The van der Waals surface area contributed by atoms with Crippen molar-refractivity contribution in [2.45, 2.75) is 45.2 Å². The summed E-state index contributed by atoms with van der Waals surface area (Å²) >= 11 is 1.33. The van der Waals surface area contributed by atoms with Gasteiger partial charge in [0.05, 0.1) is 12.9 Å². The quantitative estimate of drug-likeness (QED) is 0.616. The number of ether oxygens (including phenoxy) is 1. The van der Waals surface area contributed by atoms with Crippen molar-refractivity contribution in [1.29, 1.82) is 0 Å². The summed E-state index contributed by atoms with van der Waals surface area (Å²) in [7, 11) is 1.59. The van der Waals surface area contributed by atoms with Crippen LogP contribution in [-0.2, 0) is 21.9 Å². The van der Waals surface area contributed by atoms with Crippen LogP contribution in [0, 0.1) is 5.82 Å². The maximum Gasteiger partial charge on any atom is 0.242 e. The summed E-state index contributed by atoms with van der Waals surface area (Å²) in [6.45, 7) is 5.78. The SMILES string of the molecule is COc1ccc(CN(C(=O)CSCc2ccccc2F)[C@@H](C)C(=O)NC(C)C)cc1. The second-order valence-electron chi connectivity index (χ2n) is 7.29. The van der Waals surface area contributed by atoms with Crippen molar-refractivity contribution in [3.8, 4) is 5.75 Å². The first-order valence-electron chi connectivity index (χ1n) is 9.85. The Morgan fingerprint density at radius 3 is 2.37 bits per heavy atom. The average Bonchev–Trinajstić information content (AvgIpc) is 2.72. The van der Waals surface area contributed by atoms with Gasteiger partial charge in [0.2, 0.25) is 11.8 Å². The van der Waals surface area contributed by atoms with E-state index in [-0.39, 0.29) is 29.4 Å². The second-order valence-corrected chi connectivity index (χ2v) is 8.28. The number of rotatable bonds is 10. The van der Waals surface area contributed by atoms with Crippen molar-refractivity contribution in [2.24, 2.45) is 0 Å². The number of thioether (sulfide) groups is 1. The minimum atomic E-state index is -0.629. The van der Waals surface area contributed by atoms with Gasteiger partial charge in [-0.3, -0.25) is 9.59 Å². The summed E-state index contributed by atoms with van der Waals surface area (Å²) in [5.74, 6) is 0.620. The number of halogens is 1. The smallest absolute Gasteiger partial charge is 0.242 e. The van der Waals surface area contributed by atoms with Gasteiger partial charge in [0.15, 0.2) is 0 Å². The zero-order valence-corrected chi connectivity index (χ0v) is 18.7. The lowest BCUT2D eigenvalue weighted by molar-refractivity contribution is -0.138. The van der Waals surface area contributed by atoms with Crippen molar-refractivity contribution < 1.29 is 18.7 Å². The zero-order valence-electron chi connectivity index (χ0n) is 17.9. The van der Waals surface area contributed by atoms with Crippen LogP contribution in [0.3, 0.4) is 0 Å². The molecule has 0 unspecified atom stereocenters. The van der Waals surface area contributed by atoms with E-state index < -0.39 is 6.04 Å². The molecule has 0 fully saturated rings. The molecule has 0 heterocycles. The topological polar surface area (TPSA) is 58.6 Å². The molecule has 2 aromatic carbocycles. The van der Waals surface area contributed by atoms with Crippen LogP contribution in [0.2, 0.25) is 0 Å². The monoisotopic (exact) mass is 432 g/mol. The van der Waals surface area contributed by atoms with Crippen molar-refractivity contribution in [3.63, 3.8) is 0 Å². The van der Waals surface area contributed by atoms with Gasteiger partial charge >= 0.3 is 0 Å². The zero-order chi connectivity index (χ0) is 22.1. The van der Waals surface area contributed by atoms with Crippen LogP contribution in [0.1, 0.15) is 31.9 Å². The van der Waals surface area contributed by atoms with Crippen molar-refractivity contribution in [1.82, 2.24) is 10.2 Å². The van der Waals surface area contributed by atoms with Crippen molar-refractivity contribution >= 4 is 23.6 Å². The molecule has 0 aliphatic rings. The Balaban J connectivity index is 2.08. The summed E-state index contributed by atoms with van der Waals surface area (Å²) in [4.78, 5) is 27.1. The molecule has 2 rings (SSSR count). The fraction of sp³-hybridized carbons (Fsp3) is 0.391. The predicted molar refractivity (Wildman–Crippen MR) is 119 cm³/mol. The highest BCUT2D eigenvalue weighted by Gasteiger charge is 2.26. The molecule has 7 heteroatoms. The standard InChI is InChI=1S/C23H29FN2O3S/c1-16(2)25-23(28)17(3)26(13-18-9-11-20(29-4)12-10-18)22(27)15-30-14-19-7-5-6-8-21(19)24/h5-12,16-17H,13-15H2,1-4H3,(H,25,28)/t17-/m0/s1. The van der Waals surface area contributed by atoms with Crippen LogP contribution in [0.15, 0.2) is 48.5 Å². The van der Waals surface area contributed by atoms with Gasteiger partial charge in [-0.1, -0.05) is 30.3 Å². The Morgan fingerprint density at radius 2 is 1.77 bits per heavy atom. The molecule has 0 spiro atoms. The minimum Gasteiger partial charge on any atom is -0.497 e. The number of amides is 2. The number of benzene rings is 2. The van der Waals surface area contributed by atoms with Crippen molar-refractivity contribution in [3.05, 3.63) is 65.5 Å². The molecule has 0 bridgehead atoms. The van der Waals surface area contributed by atoms with E-state index in [2.05, 4.69) is 5.32 Å². The molecule has 5 nitrogen and oxygen atoms in total. The largest absolute Gasteiger partial charge is 0.497 e. The number of nitrogens with zero attached hydrogens (tertiary/aromatic N) is 1. The molecule has 0 aliphatic heterocycles. The van der Waals surface area contributed by atoms with Gasteiger partial charge in [0.25, 0.3) is 0 Å². The average molecular weight is 433 g/mol. The van der Waals surface area contributed by atoms with E-state index in [1.807, 2.05) is 38.1 Å². The number of hydrogen-bond donors (Lipinski definition) is 1. The van der Waals surface area contributed by atoms with Crippen LogP contribution in [-0.4, -0.2) is 41.7 Å². The molecule has 0 aromatic heterocycles. The Kier molecular flexibility index (Phi) is 9.17. The second kappa shape index (κ2) is 11.6. The molecular weight excluding hydrogens is 403 g/mol. The van der Waals surface area contributed by atoms with Crippen molar-refractivity contribution in [2.75, 3.05) is 12.9 Å². The van der Waals surface area contributed by atoms with E-state index in [0.29, 0.717) is 17.9 Å². The summed E-state index contributed by atoms with van der Waals surface area (Å²) in [6, 6.07) is 13.3. The fourth-order valence-corrected chi connectivity index (χ4v) is 3.76. The Morgan fingerprint density at radius 1 is 1.10 bits per heavy atom. The maximum absolute atomic E-state index is 13.8. The van der Waals surface area contributed by atoms with Gasteiger partial charge in [-0.15, -0.1) is 11.8 Å². The van der Waals surface area contributed by atoms with Gasteiger partial charge in [0, 0.05) is 18.3 Å². The Hall–Kier alpha value is -2.54. The van der Waals surface area contributed by atoms with Crippen LogP contribution in [0.4, 0.5) is 4.39 Å². The van der Waals surface area contributed by atoms with E-state index in [1.54, 1.807) is 37.1 Å². The minimum absolute atomic E-state index is 0.0201. The highest BCUT2D eigenvalue weighted by Crippen LogP contribution is 2.19. The summed E-state index contributed by atoms with van der Waals surface area (Å²) in [6.07, 6.45) is 0. The summed E-state index contributed by atoms with van der Waals surface area (Å²) in [5.41, 5.74) is 1.45. The molecule has 162 valence electrons. The normalized spacial score (nSPS) is 11.8. The number of nitrogens with one attached hydrogen (secondary N) is 1. The molecule has 0 saturated heterocycles. The number of methoxy groups -OCH3 is 1. The Bertz CT molecular complexity index is 843. The third-order valence-corrected chi connectivity index (χ3v) is 5.52. The van der Waals surface area contributed by atoms with Crippen LogP contribution < -0.4 is 10.1 Å². The van der Waals surface area contributed by atoms with Gasteiger partial charge < -0.3 is 15.0 Å². The molecule has 30 heavy (non-hydrogen) atoms. The van der Waals surface area contributed by atoms with E-state index in [1.165, 1.54) is 17.8 Å². The van der Waals surface area contributed by atoms with Gasteiger partial charge in [-0.25, -0.2) is 4.39 Å². The van der Waals surface area contributed by atoms with E-state index in [9.17, 15) is 14.0 Å². The lowest BCUT2D eigenvalue weighted by Gasteiger charge is -2.29. The molecule has 2 aromatic rings. The van der Waals surface area contributed by atoms with E-state index in [0.717, 1.165) is 11.3 Å². The maximum atomic E-state index is 13.8. The predicted octanol–water partition coefficient (Wildman–Crippen LogP) is 4.01. The highest BCUT2D eigenvalue weighted by molar-refractivity contribution is 7.99. The molecular formula is C23H29FN2O3S. The van der Waals surface area contributed by atoms with E-state index in [4.69, 9.17) is 4.74 Å². The molecule has 0 radical (unpaired) electrons. The molecule has 0 saturated carbocycles. The van der Waals surface area contributed by atoms with Gasteiger partial charge in [-0.2, -0.15) is 0 Å². The third-order valence-electron chi connectivity index (χ3n) is 4.55. The molecule has 2 amide bonds. The van der Waals surface area contributed by atoms with Gasteiger partial charge in [-0.05, 0) is 50.1 Å². The Labute approximate surface area is 182 Å². The third kappa shape index (κ3) is 7.06. The first-order chi connectivity index (χ1) is 14.3. The highest BCUT2D eigenvalue weighted by atomic mass is 32.2. The lowest BCUT2D eigenvalue weighted by atomic mass is 10.1. The summed E-state index contributed by atoms with van der Waals surface area (Å²) in [5, 5.41) is 2.86. The number of hydrogen-bond acceptors (Lipinski definition) is 4. The fourth-order valence-electron chi connectivity index (χ4n) is 2.86. The first-order valence-corrected chi connectivity index (χ1v) is 11.0.